The van der Waals surface area contributed by atoms with Crippen molar-refractivity contribution in [3.05, 3.63) is 39.2 Å². The minimum absolute atomic E-state index is 0.0440. The maximum Gasteiger partial charge on any atom is 0.339 e. The lowest BCUT2D eigenvalue weighted by molar-refractivity contribution is -0.145. The van der Waals surface area contributed by atoms with Gasteiger partial charge in [-0.1, -0.05) is 12.8 Å². The van der Waals surface area contributed by atoms with Crippen molar-refractivity contribution in [2.24, 2.45) is 5.92 Å². The van der Waals surface area contributed by atoms with Crippen LogP contribution in [0.5, 0.6) is 5.75 Å². The molecular formula is C25H31NO5. The number of nitrogens with zero attached hydrogens (tertiary/aromatic N) is 1. The van der Waals surface area contributed by atoms with Crippen LogP contribution >= 0.6 is 0 Å². The minimum atomic E-state index is -0.598. The quantitative estimate of drug-likeness (QED) is 0.762. The zero-order chi connectivity index (χ0) is 21.6. The molecule has 5 rings (SSSR count). The molecule has 0 radical (unpaired) electrons. The van der Waals surface area contributed by atoms with Crippen LogP contribution < -0.4 is 10.4 Å². The van der Waals surface area contributed by atoms with Crippen molar-refractivity contribution in [2.75, 3.05) is 19.7 Å². The van der Waals surface area contributed by atoms with Gasteiger partial charge in [-0.3, -0.25) is 4.79 Å². The summed E-state index contributed by atoms with van der Waals surface area (Å²) in [6.45, 7) is 3.07. The van der Waals surface area contributed by atoms with Gasteiger partial charge in [-0.25, -0.2) is 4.79 Å². The monoisotopic (exact) mass is 425 g/mol. The molecule has 31 heavy (non-hydrogen) atoms. The van der Waals surface area contributed by atoms with Gasteiger partial charge in [0.15, 0.2) is 6.61 Å². The Balaban J connectivity index is 1.37. The van der Waals surface area contributed by atoms with E-state index in [9.17, 15) is 14.7 Å². The molecular weight excluding hydrogens is 394 g/mol. The van der Waals surface area contributed by atoms with Gasteiger partial charge in [0.1, 0.15) is 11.3 Å². The van der Waals surface area contributed by atoms with E-state index in [0.29, 0.717) is 30.8 Å². The summed E-state index contributed by atoms with van der Waals surface area (Å²) in [5, 5.41) is 11.7. The van der Waals surface area contributed by atoms with Crippen molar-refractivity contribution < 1.29 is 19.1 Å². The largest absolute Gasteiger partial charge is 0.483 e. The number of amides is 1. The molecule has 1 saturated carbocycles. The summed E-state index contributed by atoms with van der Waals surface area (Å²) in [5.41, 5.74) is 2.40. The van der Waals surface area contributed by atoms with Crippen LogP contribution in [-0.4, -0.2) is 41.2 Å². The van der Waals surface area contributed by atoms with Crippen LogP contribution in [0.25, 0.3) is 11.0 Å². The predicted octanol–water partition coefficient (Wildman–Crippen LogP) is 3.51. The second kappa shape index (κ2) is 7.97. The van der Waals surface area contributed by atoms with Crippen LogP contribution in [0.15, 0.2) is 21.3 Å². The van der Waals surface area contributed by atoms with Crippen LogP contribution in [0.1, 0.15) is 61.6 Å². The fraction of sp³-hybridized carbons (Fsp3) is 0.600. The molecule has 1 aliphatic heterocycles. The third kappa shape index (κ3) is 3.75. The number of ether oxygens (including phenoxy) is 1. The lowest BCUT2D eigenvalue weighted by atomic mass is 9.71. The number of fused-ring (bicyclic) bond motifs is 4. The molecule has 3 aliphatic rings. The van der Waals surface area contributed by atoms with Crippen molar-refractivity contribution in [2.45, 2.75) is 70.3 Å². The number of likely N-dealkylation sites (tertiary alicyclic amines) is 1. The lowest BCUT2D eigenvalue weighted by Crippen LogP contribution is -2.55. The van der Waals surface area contributed by atoms with Gasteiger partial charge in [-0.15, -0.1) is 0 Å². The summed E-state index contributed by atoms with van der Waals surface area (Å²) in [6, 6.07) is 3.80. The Hall–Kier alpha value is -2.34. The smallest absolute Gasteiger partial charge is 0.339 e. The van der Waals surface area contributed by atoms with E-state index in [-0.39, 0.29) is 24.1 Å². The number of benzene rings is 1. The number of piperidine rings is 1. The summed E-state index contributed by atoms with van der Waals surface area (Å²) in [5.74, 6) is 0.741. The molecule has 2 aromatic rings. The second-order valence-electron chi connectivity index (χ2n) is 9.61. The Bertz CT molecular complexity index is 1070. The number of carbonyl (C=O) groups excluding carboxylic acids is 1. The third-order valence-corrected chi connectivity index (χ3v) is 7.56. The fourth-order valence-electron chi connectivity index (χ4n) is 5.81. The lowest BCUT2D eigenvalue weighted by Gasteiger charge is -2.47. The molecule has 6 heteroatoms. The van der Waals surface area contributed by atoms with E-state index in [1.165, 1.54) is 0 Å². The molecule has 2 aliphatic carbocycles. The van der Waals surface area contributed by atoms with Gasteiger partial charge in [0, 0.05) is 24.6 Å². The van der Waals surface area contributed by atoms with E-state index in [0.717, 1.165) is 73.4 Å². The maximum atomic E-state index is 13.0. The molecule has 1 amide bonds. The van der Waals surface area contributed by atoms with Gasteiger partial charge in [-0.05, 0) is 75.1 Å². The highest BCUT2D eigenvalue weighted by Gasteiger charge is 2.43. The minimum Gasteiger partial charge on any atom is -0.483 e. The maximum absolute atomic E-state index is 13.0. The molecule has 2 fully saturated rings. The van der Waals surface area contributed by atoms with E-state index in [2.05, 4.69) is 0 Å². The summed E-state index contributed by atoms with van der Waals surface area (Å²) >= 11 is 0. The fourth-order valence-corrected chi connectivity index (χ4v) is 5.81. The van der Waals surface area contributed by atoms with E-state index < -0.39 is 5.60 Å². The van der Waals surface area contributed by atoms with Crippen molar-refractivity contribution in [1.82, 2.24) is 4.90 Å². The van der Waals surface area contributed by atoms with E-state index in [4.69, 9.17) is 9.15 Å². The van der Waals surface area contributed by atoms with Crippen LogP contribution in [0.4, 0.5) is 0 Å². The Morgan fingerprint density at radius 2 is 2.00 bits per heavy atom. The Kier molecular flexibility index (Phi) is 5.29. The highest BCUT2D eigenvalue weighted by molar-refractivity contribution is 5.89. The van der Waals surface area contributed by atoms with Crippen LogP contribution in [0.3, 0.4) is 0 Å². The number of hydrogen-bond donors (Lipinski definition) is 1. The van der Waals surface area contributed by atoms with Gasteiger partial charge in [0.25, 0.3) is 5.91 Å². The Labute approximate surface area is 182 Å². The SMILES string of the molecule is Cc1cc(OCC(=O)N2CC[C@@]3(O)CCCC[C@@H]3C2)c2c3c(c(=O)oc2c1)CCCC3. The first-order valence-corrected chi connectivity index (χ1v) is 11.7. The Morgan fingerprint density at radius 3 is 2.84 bits per heavy atom. The summed E-state index contributed by atoms with van der Waals surface area (Å²) in [6.07, 6.45) is 8.27. The zero-order valence-electron chi connectivity index (χ0n) is 18.2. The molecule has 166 valence electrons. The van der Waals surface area contributed by atoms with Crippen molar-refractivity contribution >= 4 is 16.9 Å². The highest BCUT2D eigenvalue weighted by atomic mass is 16.5. The molecule has 0 bridgehead atoms. The molecule has 1 N–H and O–H groups in total. The van der Waals surface area contributed by atoms with Gasteiger partial charge in [0.2, 0.25) is 0 Å². The first kappa shape index (κ1) is 20.6. The number of carbonyl (C=O) groups is 1. The predicted molar refractivity (Wildman–Crippen MR) is 117 cm³/mol. The summed E-state index contributed by atoms with van der Waals surface area (Å²) in [4.78, 5) is 27.2. The van der Waals surface area contributed by atoms with E-state index >= 15 is 0 Å². The molecule has 0 unspecified atom stereocenters. The van der Waals surface area contributed by atoms with Crippen LogP contribution in [0, 0.1) is 12.8 Å². The van der Waals surface area contributed by atoms with Crippen molar-refractivity contribution in [3.63, 3.8) is 0 Å². The first-order valence-electron chi connectivity index (χ1n) is 11.7. The third-order valence-electron chi connectivity index (χ3n) is 7.56. The van der Waals surface area contributed by atoms with E-state index in [1.807, 2.05) is 24.0 Å². The standard InChI is InChI=1S/C25H31NO5/c1-16-12-20(23-18-7-2-3-8-19(18)24(28)31-21(23)13-16)30-15-22(27)26-11-10-25(29)9-5-4-6-17(25)14-26/h12-13,17,29H,2-11,14-15H2,1H3/t17-,25+/m1/s1. The normalized spacial score (nSPS) is 25.7. The average molecular weight is 426 g/mol. The van der Waals surface area contributed by atoms with Crippen molar-refractivity contribution in [3.8, 4) is 5.75 Å². The van der Waals surface area contributed by atoms with Gasteiger partial charge in [0.05, 0.1) is 11.0 Å². The van der Waals surface area contributed by atoms with Gasteiger partial charge in [-0.2, -0.15) is 0 Å². The van der Waals surface area contributed by atoms with Gasteiger partial charge < -0.3 is 19.2 Å². The number of aryl methyl sites for hydroxylation is 2. The van der Waals surface area contributed by atoms with Crippen LogP contribution in [-0.2, 0) is 17.6 Å². The van der Waals surface area contributed by atoms with Crippen molar-refractivity contribution in [1.29, 1.82) is 0 Å². The number of rotatable bonds is 3. The summed E-state index contributed by atoms with van der Waals surface area (Å²) in [7, 11) is 0. The van der Waals surface area contributed by atoms with E-state index in [1.54, 1.807) is 0 Å². The molecule has 2 heterocycles. The van der Waals surface area contributed by atoms with Gasteiger partial charge >= 0.3 is 5.63 Å². The molecule has 2 atom stereocenters. The molecule has 1 aromatic carbocycles. The number of aliphatic hydroxyl groups is 1. The molecule has 0 spiro atoms. The molecule has 1 saturated heterocycles. The average Bonchev–Trinajstić information content (AvgIpc) is 2.76. The Morgan fingerprint density at radius 1 is 1.19 bits per heavy atom. The molecule has 1 aromatic heterocycles. The van der Waals surface area contributed by atoms with Crippen LogP contribution in [0.2, 0.25) is 0 Å². The highest BCUT2D eigenvalue weighted by Crippen LogP contribution is 2.40. The zero-order valence-corrected chi connectivity index (χ0v) is 18.2. The first-order chi connectivity index (χ1) is 14.9. The number of hydrogen-bond acceptors (Lipinski definition) is 5. The molecule has 6 nitrogen and oxygen atoms in total. The topological polar surface area (TPSA) is 80.0 Å². The second-order valence-corrected chi connectivity index (χ2v) is 9.61. The summed E-state index contributed by atoms with van der Waals surface area (Å²) < 4.78 is 11.7.